The van der Waals surface area contributed by atoms with Crippen molar-refractivity contribution in [2.24, 2.45) is 0 Å². The Morgan fingerprint density at radius 3 is 2.72 bits per heavy atom. The van der Waals surface area contributed by atoms with Gasteiger partial charge in [0.1, 0.15) is 23.9 Å². The molecule has 10 heteroatoms. The van der Waals surface area contributed by atoms with Gasteiger partial charge in [-0.3, -0.25) is 14.5 Å². The number of imidazole rings is 1. The molecule has 0 saturated carbocycles. The van der Waals surface area contributed by atoms with Crippen LogP contribution in [0.2, 0.25) is 0 Å². The van der Waals surface area contributed by atoms with Gasteiger partial charge in [-0.1, -0.05) is 0 Å². The number of anilines is 3. The molecule has 29 heavy (non-hydrogen) atoms. The summed E-state index contributed by atoms with van der Waals surface area (Å²) in [6, 6.07) is 6.06. The van der Waals surface area contributed by atoms with Crippen molar-refractivity contribution >= 4 is 23.1 Å². The van der Waals surface area contributed by atoms with Crippen molar-refractivity contribution < 1.29 is 9.18 Å². The largest absolute Gasteiger partial charge is 0.312 e. The van der Waals surface area contributed by atoms with Crippen LogP contribution in [0.15, 0.2) is 55.2 Å². The summed E-state index contributed by atoms with van der Waals surface area (Å²) in [5.41, 5.74) is 2.05. The second-order valence-electron chi connectivity index (χ2n) is 6.50. The van der Waals surface area contributed by atoms with Crippen molar-refractivity contribution in [3.63, 3.8) is 0 Å². The highest BCUT2D eigenvalue weighted by atomic mass is 19.1. The SMILES string of the molecule is CN1C(=O)CN(c2cn[nH]c2)c2nc(-n3ccnc3-c3ccc(F)cc3)ncc21. The van der Waals surface area contributed by atoms with E-state index in [1.165, 1.54) is 17.0 Å². The molecule has 0 unspecified atom stereocenters. The number of hydrogen-bond donors (Lipinski definition) is 1. The van der Waals surface area contributed by atoms with Gasteiger partial charge in [-0.2, -0.15) is 10.1 Å². The van der Waals surface area contributed by atoms with E-state index in [1.807, 2.05) is 0 Å². The number of halogens is 1. The van der Waals surface area contributed by atoms with Crippen LogP contribution in [0.3, 0.4) is 0 Å². The van der Waals surface area contributed by atoms with E-state index in [2.05, 4.69) is 20.2 Å². The Morgan fingerprint density at radius 2 is 1.97 bits per heavy atom. The maximum Gasteiger partial charge on any atom is 0.246 e. The molecule has 0 fully saturated rings. The quantitative estimate of drug-likeness (QED) is 0.577. The van der Waals surface area contributed by atoms with Crippen LogP contribution in [-0.2, 0) is 4.79 Å². The van der Waals surface area contributed by atoms with Crippen LogP contribution < -0.4 is 9.80 Å². The normalized spacial score (nSPS) is 13.7. The van der Waals surface area contributed by atoms with E-state index in [0.717, 1.165) is 11.3 Å². The van der Waals surface area contributed by atoms with Crippen molar-refractivity contribution in [2.45, 2.75) is 0 Å². The van der Waals surface area contributed by atoms with Crippen LogP contribution in [0.5, 0.6) is 0 Å². The molecule has 0 saturated heterocycles. The lowest BCUT2D eigenvalue weighted by Crippen LogP contribution is -2.42. The number of nitrogens with zero attached hydrogens (tertiary/aromatic N) is 7. The monoisotopic (exact) mass is 390 g/mol. The number of carbonyl (C=O) groups excluding carboxylic acids is 1. The number of benzene rings is 1. The number of fused-ring (bicyclic) bond motifs is 1. The number of rotatable bonds is 3. The number of amides is 1. The highest BCUT2D eigenvalue weighted by Crippen LogP contribution is 2.35. The molecule has 0 aliphatic carbocycles. The van der Waals surface area contributed by atoms with Gasteiger partial charge in [0.2, 0.25) is 11.9 Å². The third-order valence-electron chi connectivity index (χ3n) is 4.78. The van der Waals surface area contributed by atoms with Gasteiger partial charge in [0, 0.05) is 31.2 Å². The third kappa shape index (κ3) is 2.81. The first-order valence-corrected chi connectivity index (χ1v) is 8.81. The zero-order valence-electron chi connectivity index (χ0n) is 15.3. The van der Waals surface area contributed by atoms with Crippen molar-refractivity contribution in [3.05, 3.63) is 61.1 Å². The predicted molar refractivity (Wildman–Crippen MR) is 104 cm³/mol. The average molecular weight is 390 g/mol. The molecule has 144 valence electrons. The topological polar surface area (TPSA) is 95.8 Å². The van der Waals surface area contributed by atoms with E-state index in [1.54, 1.807) is 59.6 Å². The van der Waals surface area contributed by atoms with E-state index < -0.39 is 0 Å². The van der Waals surface area contributed by atoms with Crippen molar-refractivity contribution in [1.29, 1.82) is 0 Å². The summed E-state index contributed by atoms with van der Waals surface area (Å²) in [6.45, 7) is 0.133. The Bertz CT molecular complexity index is 1190. The van der Waals surface area contributed by atoms with Gasteiger partial charge in [0.15, 0.2) is 5.82 Å². The molecule has 1 aliphatic rings. The fourth-order valence-electron chi connectivity index (χ4n) is 3.24. The van der Waals surface area contributed by atoms with Gasteiger partial charge in [0.25, 0.3) is 0 Å². The molecule has 5 rings (SSSR count). The zero-order chi connectivity index (χ0) is 20.0. The van der Waals surface area contributed by atoms with Gasteiger partial charge < -0.3 is 9.80 Å². The number of likely N-dealkylation sites (N-methyl/N-ethyl adjacent to an activating group) is 1. The average Bonchev–Trinajstić information content (AvgIpc) is 3.43. The smallest absolute Gasteiger partial charge is 0.246 e. The maximum absolute atomic E-state index is 13.3. The number of hydrogen-bond acceptors (Lipinski definition) is 6. The lowest BCUT2D eigenvalue weighted by atomic mass is 10.2. The summed E-state index contributed by atoms with van der Waals surface area (Å²) in [4.78, 5) is 29.2. The van der Waals surface area contributed by atoms with Gasteiger partial charge in [-0.15, -0.1) is 0 Å². The molecule has 9 nitrogen and oxygen atoms in total. The number of carbonyl (C=O) groups is 1. The van der Waals surface area contributed by atoms with Crippen LogP contribution in [0.1, 0.15) is 0 Å². The minimum Gasteiger partial charge on any atom is -0.312 e. The summed E-state index contributed by atoms with van der Waals surface area (Å²) in [5, 5.41) is 6.72. The van der Waals surface area contributed by atoms with Gasteiger partial charge in [-0.25, -0.2) is 14.4 Å². The second kappa shape index (κ2) is 6.51. The first kappa shape index (κ1) is 17.0. The van der Waals surface area contributed by atoms with Crippen molar-refractivity contribution in [3.8, 4) is 17.3 Å². The molecule has 4 heterocycles. The van der Waals surface area contributed by atoms with Crippen LogP contribution in [0.4, 0.5) is 21.6 Å². The summed E-state index contributed by atoms with van der Waals surface area (Å²) >= 11 is 0. The van der Waals surface area contributed by atoms with E-state index in [-0.39, 0.29) is 18.3 Å². The molecule has 1 aromatic carbocycles. The fourth-order valence-corrected chi connectivity index (χ4v) is 3.24. The molecule has 1 N–H and O–H groups in total. The number of H-pyrrole nitrogens is 1. The van der Waals surface area contributed by atoms with Crippen LogP contribution >= 0.6 is 0 Å². The van der Waals surface area contributed by atoms with Crippen LogP contribution in [-0.4, -0.2) is 49.2 Å². The van der Waals surface area contributed by atoms with E-state index in [9.17, 15) is 9.18 Å². The standard InChI is InChI=1S/C19H15FN8O/c1-26-15-10-22-19(25-18(15)28(11-16(26)29)14-8-23-24-9-14)27-7-6-21-17(27)12-2-4-13(20)5-3-12/h2-10H,11H2,1H3,(H,23,24). The Balaban J connectivity index is 1.63. The summed E-state index contributed by atoms with van der Waals surface area (Å²) < 4.78 is 15.0. The van der Waals surface area contributed by atoms with Crippen molar-refractivity contribution in [1.82, 2.24) is 29.7 Å². The highest BCUT2D eigenvalue weighted by Gasteiger charge is 2.30. The maximum atomic E-state index is 13.3. The molecule has 1 aliphatic heterocycles. The predicted octanol–water partition coefficient (Wildman–Crippen LogP) is 2.31. The molecular formula is C19H15FN8O. The zero-order valence-corrected chi connectivity index (χ0v) is 15.3. The minimum absolute atomic E-state index is 0.0790. The van der Waals surface area contributed by atoms with E-state index in [0.29, 0.717) is 23.3 Å². The Hall–Kier alpha value is -4.08. The molecule has 0 atom stereocenters. The Morgan fingerprint density at radius 1 is 1.14 bits per heavy atom. The molecule has 1 amide bonds. The summed E-state index contributed by atoms with van der Waals surface area (Å²) in [5.74, 6) is 1.15. The lowest BCUT2D eigenvalue weighted by molar-refractivity contribution is -0.117. The van der Waals surface area contributed by atoms with Gasteiger partial charge in [-0.05, 0) is 24.3 Å². The first-order valence-electron chi connectivity index (χ1n) is 8.81. The molecular weight excluding hydrogens is 375 g/mol. The molecule has 0 radical (unpaired) electrons. The van der Waals surface area contributed by atoms with Gasteiger partial charge in [0.05, 0.1) is 18.1 Å². The molecule has 0 spiro atoms. The molecule has 3 aromatic heterocycles. The Kier molecular flexibility index (Phi) is 3.83. The van der Waals surface area contributed by atoms with E-state index in [4.69, 9.17) is 4.98 Å². The second-order valence-corrected chi connectivity index (χ2v) is 6.50. The summed E-state index contributed by atoms with van der Waals surface area (Å²) in [6.07, 6.45) is 8.30. The van der Waals surface area contributed by atoms with E-state index >= 15 is 0 Å². The van der Waals surface area contributed by atoms with Crippen LogP contribution in [0.25, 0.3) is 17.3 Å². The number of aromatic nitrogens is 6. The highest BCUT2D eigenvalue weighted by molar-refractivity contribution is 6.03. The fraction of sp³-hybridized carbons (Fsp3) is 0.105. The van der Waals surface area contributed by atoms with Crippen LogP contribution in [0, 0.1) is 5.82 Å². The van der Waals surface area contributed by atoms with Crippen molar-refractivity contribution in [2.75, 3.05) is 23.4 Å². The molecule has 4 aromatic rings. The van der Waals surface area contributed by atoms with Gasteiger partial charge >= 0.3 is 0 Å². The number of aromatic amines is 1. The lowest BCUT2D eigenvalue weighted by Gasteiger charge is -2.33. The first-order chi connectivity index (χ1) is 14.1. The minimum atomic E-state index is -0.319. The summed E-state index contributed by atoms with van der Waals surface area (Å²) in [7, 11) is 1.69. The number of nitrogens with one attached hydrogen (secondary N) is 1. The molecule has 0 bridgehead atoms. The third-order valence-corrected chi connectivity index (χ3v) is 4.78. The Labute approximate surface area is 164 Å².